The Hall–Kier alpha value is -2.20. The molecule has 2 rings (SSSR count). The molecule has 0 unspecified atom stereocenters. The highest BCUT2D eigenvalue weighted by Crippen LogP contribution is 2.05. The van der Waals surface area contributed by atoms with Crippen LogP contribution in [0.15, 0.2) is 54.6 Å². The molecule has 3 nitrogen and oxygen atoms in total. The number of benzene rings is 2. The van der Waals surface area contributed by atoms with Gasteiger partial charge in [-0.3, -0.25) is 4.79 Å². The summed E-state index contributed by atoms with van der Waals surface area (Å²) in [5.74, 6) is -0.523. The van der Waals surface area contributed by atoms with Crippen molar-refractivity contribution in [3.63, 3.8) is 0 Å². The molecule has 0 fully saturated rings. The minimum atomic E-state index is -0.557. The number of aryl methyl sites for hydroxylation is 1. The minimum Gasteiger partial charge on any atom is -0.351 e. The molecule has 0 bridgehead atoms. The van der Waals surface area contributed by atoms with Crippen molar-refractivity contribution in [3.05, 3.63) is 71.5 Å². The first kappa shape index (κ1) is 15.2. The zero-order chi connectivity index (χ0) is 15.1. The second-order valence-corrected chi connectivity index (χ2v) is 4.98. The third kappa shape index (κ3) is 5.00. The maximum atomic E-state index is 13.0. The smallest absolute Gasteiger partial charge is 0.237 e. The van der Waals surface area contributed by atoms with Crippen LogP contribution in [0.4, 0.5) is 4.39 Å². The summed E-state index contributed by atoms with van der Waals surface area (Å²) in [7, 11) is 0. The van der Waals surface area contributed by atoms with E-state index in [-0.39, 0.29) is 18.3 Å². The fraction of sp³-hybridized carbons (Fsp3) is 0.235. The summed E-state index contributed by atoms with van der Waals surface area (Å²) in [5, 5.41) is 2.73. The normalized spacial score (nSPS) is 11.9. The van der Waals surface area contributed by atoms with E-state index in [0.717, 1.165) is 17.5 Å². The number of nitrogens with two attached hydrogens (primary N) is 1. The van der Waals surface area contributed by atoms with Gasteiger partial charge in [-0.15, -0.1) is 0 Å². The van der Waals surface area contributed by atoms with E-state index in [0.29, 0.717) is 6.42 Å². The van der Waals surface area contributed by atoms with Crippen molar-refractivity contribution in [1.29, 1.82) is 0 Å². The number of rotatable bonds is 6. The fourth-order valence-corrected chi connectivity index (χ4v) is 2.07. The van der Waals surface area contributed by atoms with E-state index < -0.39 is 6.04 Å². The summed E-state index contributed by atoms with van der Waals surface area (Å²) < 4.78 is 13.0. The average Bonchev–Trinajstić information content (AvgIpc) is 2.51. The van der Waals surface area contributed by atoms with Crippen molar-refractivity contribution in [1.82, 2.24) is 5.32 Å². The van der Waals surface area contributed by atoms with Gasteiger partial charge in [0.2, 0.25) is 5.91 Å². The molecule has 1 atom stereocenters. The third-order valence-electron chi connectivity index (χ3n) is 3.28. The van der Waals surface area contributed by atoms with Crippen LogP contribution in [0.3, 0.4) is 0 Å². The van der Waals surface area contributed by atoms with Crippen LogP contribution in [0.5, 0.6) is 0 Å². The SMILES string of the molecule is N[C@@H](CCc1ccccc1)C(=O)NCc1cccc(F)c1. The van der Waals surface area contributed by atoms with Crippen LogP contribution >= 0.6 is 0 Å². The quantitative estimate of drug-likeness (QED) is 0.856. The molecule has 0 aliphatic carbocycles. The van der Waals surface area contributed by atoms with E-state index in [1.165, 1.54) is 12.1 Å². The van der Waals surface area contributed by atoms with Crippen molar-refractivity contribution < 1.29 is 9.18 Å². The Labute approximate surface area is 124 Å². The zero-order valence-electron chi connectivity index (χ0n) is 11.8. The summed E-state index contributed by atoms with van der Waals surface area (Å²) in [5.41, 5.74) is 7.75. The standard InChI is InChI=1S/C17H19FN2O/c18-15-8-4-7-14(11-15)12-20-17(21)16(19)10-9-13-5-2-1-3-6-13/h1-8,11,16H,9-10,12,19H2,(H,20,21)/t16-/m0/s1. The highest BCUT2D eigenvalue weighted by Gasteiger charge is 2.12. The van der Waals surface area contributed by atoms with Gasteiger partial charge >= 0.3 is 0 Å². The second kappa shape index (κ2) is 7.55. The van der Waals surface area contributed by atoms with Gasteiger partial charge in [-0.05, 0) is 36.1 Å². The van der Waals surface area contributed by atoms with Crippen LogP contribution in [0.2, 0.25) is 0 Å². The summed E-state index contributed by atoms with van der Waals surface area (Å²) >= 11 is 0. The molecular formula is C17H19FN2O. The van der Waals surface area contributed by atoms with E-state index in [1.807, 2.05) is 30.3 Å². The molecule has 0 aliphatic rings. The maximum Gasteiger partial charge on any atom is 0.237 e. The first-order chi connectivity index (χ1) is 10.1. The Morgan fingerprint density at radius 2 is 1.81 bits per heavy atom. The van der Waals surface area contributed by atoms with Gasteiger partial charge in [-0.2, -0.15) is 0 Å². The molecule has 2 aromatic rings. The van der Waals surface area contributed by atoms with E-state index in [4.69, 9.17) is 5.73 Å². The molecular weight excluding hydrogens is 267 g/mol. The van der Waals surface area contributed by atoms with Gasteiger partial charge in [0.25, 0.3) is 0 Å². The van der Waals surface area contributed by atoms with Gasteiger partial charge in [0.1, 0.15) is 5.82 Å². The molecule has 0 aromatic heterocycles. The van der Waals surface area contributed by atoms with Gasteiger partial charge in [-0.25, -0.2) is 4.39 Å². The van der Waals surface area contributed by atoms with Gasteiger partial charge in [0.15, 0.2) is 0 Å². The highest BCUT2D eigenvalue weighted by molar-refractivity contribution is 5.81. The van der Waals surface area contributed by atoms with Gasteiger partial charge < -0.3 is 11.1 Å². The number of carbonyl (C=O) groups is 1. The van der Waals surface area contributed by atoms with E-state index in [2.05, 4.69) is 5.32 Å². The Balaban J connectivity index is 1.77. The van der Waals surface area contributed by atoms with Crippen LogP contribution in [0.25, 0.3) is 0 Å². The van der Waals surface area contributed by atoms with Crippen LogP contribution in [-0.4, -0.2) is 11.9 Å². The Morgan fingerprint density at radius 1 is 1.10 bits per heavy atom. The second-order valence-electron chi connectivity index (χ2n) is 4.98. The lowest BCUT2D eigenvalue weighted by Gasteiger charge is -2.12. The Morgan fingerprint density at radius 3 is 2.52 bits per heavy atom. The topological polar surface area (TPSA) is 55.1 Å². The number of nitrogens with one attached hydrogen (secondary N) is 1. The van der Waals surface area contributed by atoms with Crippen molar-refractivity contribution in [3.8, 4) is 0 Å². The number of amides is 1. The van der Waals surface area contributed by atoms with Crippen LogP contribution < -0.4 is 11.1 Å². The van der Waals surface area contributed by atoms with Crippen molar-refractivity contribution in [2.45, 2.75) is 25.4 Å². The predicted octanol–water partition coefficient (Wildman–Crippen LogP) is 2.40. The molecule has 0 aliphatic heterocycles. The van der Waals surface area contributed by atoms with Gasteiger partial charge in [0, 0.05) is 6.54 Å². The molecule has 1 amide bonds. The summed E-state index contributed by atoms with van der Waals surface area (Å²) in [6.07, 6.45) is 1.34. The van der Waals surface area contributed by atoms with E-state index in [1.54, 1.807) is 12.1 Å². The van der Waals surface area contributed by atoms with Crippen LogP contribution in [0, 0.1) is 5.82 Å². The largest absolute Gasteiger partial charge is 0.351 e. The van der Waals surface area contributed by atoms with E-state index in [9.17, 15) is 9.18 Å². The minimum absolute atomic E-state index is 0.213. The first-order valence-electron chi connectivity index (χ1n) is 6.97. The Kier molecular flexibility index (Phi) is 5.46. The molecule has 3 N–H and O–H groups in total. The molecule has 0 saturated carbocycles. The molecule has 0 heterocycles. The van der Waals surface area contributed by atoms with Gasteiger partial charge in [0.05, 0.1) is 6.04 Å². The molecule has 110 valence electrons. The third-order valence-corrected chi connectivity index (χ3v) is 3.28. The number of hydrogen-bond donors (Lipinski definition) is 2. The molecule has 0 spiro atoms. The highest BCUT2D eigenvalue weighted by atomic mass is 19.1. The number of hydrogen-bond acceptors (Lipinski definition) is 2. The van der Waals surface area contributed by atoms with Crippen molar-refractivity contribution in [2.75, 3.05) is 0 Å². The molecule has 0 radical (unpaired) electrons. The summed E-state index contributed by atoms with van der Waals surface area (Å²) in [6.45, 7) is 0.287. The molecule has 4 heteroatoms. The van der Waals surface area contributed by atoms with Crippen molar-refractivity contribution >= 4 is 5.91 Å². The van der Waals surface area contributed by atoms with Crippen molar-refractivity contribution in [2.24, 2.45) is 5.73 Å². The van der Waals surface area contributed by atoms with Gasteiger partial charge in [-0.1, -0.05) is 42.5 Å². The Bertz CT molecular complexity index is 586. The van der Waals surface area contributed by atoms with E-state index >= 15 is 0 Å². The monoisotopic (exact) mass is 286 g/mol. The van der Waals surface area contributed by atoms with Crippen LogP contribution in [-0.2, 0) is 17.8 Å². The fourth-order valence-electron chi connectivity index (χ4n) is 2.07. The summed E-state index contributed by atoms with van der Waals surface area (Å²) in [4.78, 5) is 11.9. The zero-order valence-corrected chi connectivity index (χ0v) is 11.8. The first-order valence-corrected chi connectivity index (χ1v) is 6.97. The lowest BCUT2D eigenvalue weighted by Crippen LogP contribution is -2.40. The number of halogens is 1. The maximum absolute atomic E-state index is 13.0. The summed E-state index contributed by atoms with van der Waals surface area (Å²) in [6, 6.07) is 15.5. The molecule has 0 saturated heterocycles. The predicted molar refractivity (Wildman–Crippen MR) is 81.0 cm³/mol. The average molecular weight is 286 g/mol. The number of carbonyl (C=O) groups excluding carboxylic acids is 1. The molecule has 2 aromatic carbocycles. The van der Waals surface area contributed by atoms with Crippen LogP contribution in [0.1, 0.15) is 17.5 Å². The lowest BCUT2D eigenvalue weighted by molar-refractivity contribution is -0.122. The molecule has 21 heavy (non-hydrogen) atoms. The lowest BCUT2D eigenvalue weighted by atomic mass is 10.1.